The van der Waals surface area contributed by atoms with E-state index in [1.165, 1.54) is 0 Å². The van der Waals surface area contributed by atoms with Crippen molar-refractivity contribution in [3.05, 3.63) is 13.2 Å². The van der Waals surface area contributed by atoms with Gasteiger partial charge in [-0.1, -0.05) is 0 Å². The van der Waals surface area contributed by atoms with Crippen molar-refractivity contribution in [2.45, 2.75) is 0 Å². The van der Waals surface area contributed by atoms with Crippen molar-refractivity contribution >= 4 is 6.09 Å². The van der Waals surface area contributed by atoms with E-state index in [4.69, 9.17) is 5.73 Å². The predicted octanol–water partition coefficient (Wildman–Crippen LogP) is 1.25. The molecule has 3 nitrogen and oxygen atoms in total. The number of carbonyl (C=O) groups excluding carboxylic acids is 1. The van der Waals surface area contributed by atoms with E-state index in [1.54, 1.807) is 0 Å². The summed E-state index contributed by atoms with van der Waals surface area (Å²) in [6.45, 7) is 0. The normalized spacial score (nSPS) is 4.71. The van der Waals surface area contributed by atoms with Crippen LogP contribution in [0.3, 0.4) is 0 Å². The summed E-state index contributed by atoms with van der Waals surface area (Å²) in [5.74, 6) is 0. The molecule has 4 heteroatoms. The first-order valence-corrected chi connectivity index (χ1v) is 1.07. The van der Waals surface area contributed by atoms with Crippen LogP contribution in [0.25, 0.3) is 5.73 Å². The maximum absolute atomic E-state index is 9.26. The molecule has 1 radical (unpaired) electrons. The van der Waals surface area contributed by atoms with Gasteiger partial charge in [-0.25, -0.2) is 0 Å². The van der Waals surface area contributed by atoms with Crippen LogP contribution in [0.15, 0.2) is 0 Å². The molecule has 0 aromatic rings. The van der Waals surface area contributed by atoms with Crippen LogP contribution in [0, 0.1) is 7.43 Å². The molecule has 0 spiro atoms. The van der Waals surface area contributed by atoms with Crippen molar-refractivity contribution in [1.82, 2.24) is 0 Å². The largest absolute Gasteiger partial charge is 2.00 e. The molecule has 0 aromatic carbocycles. The zero-order chi connectivity index (χ0) is 4.28. The number of nitrogens with one attached hydrogen (secondary N) is 1. The summed E-state index contributed by atoms with van der Waals surface area (Å²) in [5, 5.41) is 0. The first-order chi connectivity index (χ1) is 2.27. The molecule has 0 saturated heterocycles. The van der Waals surface area contributed by atoms with Crippen LogP contribution in [-0.4, -0.2) is 13.2 Å². The fourth-order valence-electron chi connectivity index (χ4n) is 0. The van der Waals surface area contributed by atoms with Crippen molar-refractivity contribution in [2.75, 3.05) is 7.11 Å². The van der Waals surface area contributed by atoms with Crippen LogP contribution < -0.4 is 0 Å². The van der Waals surface area contributed by atoms with Gasteiger partial charge in [0, 0.05) is 0 Å². The third-order valence-corrected chi connectivity index (χ3v) is 0.185. The summed E-state index contributed by atoms with van der Waals surface area (Å²) in [6.07, 6.45) is -0.995. The number of ether oxygens (including phenoxy) is 1. The maximum Gasteiger partial charge on any atom is 2.00 e. The van der Waals surface area contributed by atoms with Gasteiger partial charge in [-0.05, 0) is 0 Å². The van der Waals surface area contributed by atoms with Crippen LogP contribution in [0.1, 0.15) is 0 Å². The second-order valence-electron chi connectivity index (χ2n) is 0.492. The molecule has 0 saturated carbocycles. The van der Waals surface area contributed by atoms with Crippen LogP contribution >= 0.6 is 0 Å². The van der Waals surface area contributed by atoms with E-state index in [-0.39, 0.29) is 26.0 Å². The average Bonchev–Trinajstić information content (AvgIpc) is 1.38. The zero-order valence-electron chi connectivity index (χ0n) is 4.26. The van der Waals surface area contributed by atoms with E-state index in [0.717, 1.165) is 7.11 Å². The summed E-state index contributed by atoms with van der Waals surface area (Å²) in [5.41, 5.74) is 5.97. The van der Waals surface area contributed by atoms with Gasteiger partial charge in [0.05, 0.1) is 7.11 Å². The van der Waals surface area contributed by atoms with E-state index >= 15 is 0 Å². The van der Waals surface area contributed by atoms with Gasteiger partial charge in [0.25, 0.3) is 0 Å². The molecule has 0 aliphatic heterocycles. The van der Waals surface area contributed by atoms with E-state index in [2.05, 4.69) is 4.74 Å². The topological polar surface area (TPSA) is 50.1 Å². The third kappa shape index (κ3) is 25.3. The van der Waals surface area contributed by atoms with Gasteiger partial charge in [-0.15, -0.1) is 0 Å². The van der Waals surface area contributed by atoms with E-state index in [9.17, 15) is 4.79 Å². The average molecular weight is 140 g/mol. The molecule has 0 atom stereocenters. The number of hydrogen-bond acceptors (Lipinski definition) is 2. The van der Waals surface area contributed by atoms with Gasteiger partial charge in [-0.2, -0.15) is 0 Å². The van der Waals surface area contributed by atoms with E-state index in [1.807, 2.05) is 0 Å². The second-order valence-corrected chi connectivity index (χ2v) is 0.492. The number of methoxy groups -OCH3 is 1. The molecule has 7 heavy (non-hydrogen) atoms. The summed E-state index contributed by atoms with van der Waals surface area (Å²) in [7, 11) is 1.16. The fraction of sp³-hybridized carbons (Fsp3) is 0.333. The number of rotatable bonds is 0. The maximum atomic E-state index is 9.26. The standard InChI is InChI=1S/C2H5NO2.CH3.V/c1-5-2(3)4;;/h1H3,(H2,3,4);1H3;/q;-1;+2/p-1. The molecule has 41 valence electrons. The fourth-order valence-corrected chi connectivity index (χ4v) is 0. The van der Waals surface area contributed by atoms with Crippen LogP contribution in [0.5, 0.6) is 0 Å². The summed E-state index contributed by atoms with van der Waals surface area (Å²) >= 11 is 0. The van der Waals surface area contributed by atoms with Crippen molar-refractivity contribution < 1.29 is 28.1 Å². The summed E-state index contributed by atoms with van der Waals surface area (Å²) in [6, 6.07) is 0. The minimum absolute atomic E-state index is 0. The van der Waals surface area contributed by atoms with Gasteiger partial charge in [0.2, 0.25) is 6.09 Å². The second kappa shape index (κ2) is 9.29. The quantitative estimate of drug-likeness (QED) is 0.475. The Hall–Kier alpha value is -0.146. The van der Waals surface area contributed by atoms with Gasteiger partial charge in [-0.3, -0.25) is 4.79 Å². The van der Waals surface area contributed by atoms with Crippen molar-refractivity contribution in [2.24, 2.45) is 0 Å². The molecule has 0 aromatic heterocycles. The summed E-state index contributed by atoms with van der Waals surface area (Å²) in [4.78, 5) is 9.26. The Morgan fingerprint density at radius 1 is 1.71 bits per heavy atom. The molecule has 0 aliphatic carbocycles. The van der Waals surface area contributed by atoms with Crippen molar-refractivity contribution in [3.63, 3.8) is 0 Å². The number of hydrogen-bond donors (Lipinski definition) is 0. The van der Waals surface area contributed by atoms with E-state index < -0.39 is 6.09 Å². The van der Waals surface area contributed by atoms with Crippen LogP contribution in [0.4, 0.5) is 4.79 Å². The number of amides is 1. The van der Waals surface area contributed by atoms with Gasteiger partial charge in [0.1, 0.15) is 0 Å². The van der Waals surface area contributed by atoms with Gasteiger partial charge < -0.3 is 17.9 Å². The molecule has 1 N–H and O–H groups in total. The van der Waals surface area contributed by atoms with Crippen LogP contribution in [-0.2, 0) is 23.3 Å². The first kappa shape index (κ1) is 15.8. The SMILES string of the molecule is COC([NH-])=O.[CH3-].[V+2]. The Morgan fingerprint density at radius 3 is 1.86 bits per heavy atom. The molecule has 1 amide bonds. The predicted molar refractivity (Wildman–Crippen MR) is 23.1 cm³/mol. The van der Waals surface area contributed by atoms with Gasteiger partial charge in [0.15, 0.2) is 0 Å². The van der Waals surface area contributed by atoms with Gasteiger partial charge >= 0.3 is 18.6 Å². The third-order valence-electron chi connectivity index (χ3n) is 0.185. The van der Waals surface area contributed by atoms with Crippen molar-refractivity contribution in [1.29, 1.82) is 0 Å². The molecular weight excluding hydrogens is 133 g/mol. The zero-order valence-corrected chi connectivity index (χ0v) is 5.66. The molecule has 0 heterocycles. The Bertz CT molecular complexity index is 48.2. The minimum atomic E-state index is -0.995. The Labute approximate surface area is 55.1 Å². The Kier molecular flexibility index (Phi) is 21.0. The smallest absolute Gasteiger partial charge is 0.632 e. The van der Waals surface area contributed by atoms with Crippen LogP contribution in [0.2, 0.25) is 0 Å². The summed E-state index contributed by atoms with van der Waals surface area (Å²) < 4.78 is 3.78. The number of carbonyl (C=O) groups is 1. The molecule has 0 rings (SSSR count). The first-order valence-electron chi connectivity index (χ1n) is 1.07. The Morgan fingerprint density at radius 2 is 1.86 bits per heavy atom. The molecule has 0 unspecified atom stereocenters. The Balaban J connectivity index is -0.0000000800. The molecule has 0 bridgehead atoms. The molecule has 0 aliphatic rings. The minimum Gasteiger partial charge on any atom is -0.632 e. The van der Waals surface area contributed by atoms with E-state index in [0.29, 0.717) is 0 Å². The molecule has 0 fully saturated rings. The monoisotopic (exact) mass is 140 g/mol. The van der Waals surface area contributed by atoms with Crippen molar-refractivity contribution in [3.8, 4) is 0 Å². The molecular formula is C3H7NO2V.